The number of thiazole rings is 1. The number of methoxy groups -OCH3 is 1. The van der Waals surface area contributed by atoms with Gasteiger partial charge in [-0.25, -0.2) is 20.8 Å². The van der Waals surface area contributed by atoms with Gasteiger partial charge in [0.05, 0.1) is 23.9 Å². The lowest BCUT2D eigenvalue weighted by molar-refractivity contribution is 0.417. The maximum atomic E-state index is 5.86. The molecule has 0 saturated heterocycles. The summed E-state index contributed by atoms with van der Waals surface area (Å²) >= 11 is 1.55. The van der Waals surface area contributed by atoms with Crippen molar-refractivity contribution in [2.75, 3.05) is 17.4 Å². The van der Waals surface area contributed by atoms with Crippen LogP contribution in [0.3, 0.4) is 0 Å². The van der Waals surface area contributed by atoms with Crippen LogP contribution in [-0.4, -0.2) is 28.4 Å². The summed E-state index contributed by atoms with van der Waals surface area (Å²) in [6, 6.07) is 11.3. The highest BCUT2D eigenvalue weighted by Gasteiger charge is 2.12. The van der Waals surface area contributed by atoms with Crippen LogP contribution in [0.15, 0.2) is 59.3 Å². The topological polar surface area (TPSA) is 128 Å². The lowest BCUT2D eigenvalue weighted by Gasteiger charge is -2.14. The minimum Gasteiger partial charge on any atom is -0.496 e. The summed E-state index contributed by atoms with van der Waals surface area (Å²) in [4.78, 5) is 13.4. The van der Waals surface area contributed by atoms with Gasteiger partial charge in [0, 0.05) is 34.9 Å². The monoisotopic (exact) mass is 406 g/mol. The molecule has 2 aromatic carbocycles. The summed E-state index contributed by atoms with van der Waals surface area (Å²) in [6.45, 7) is 0. The first-order valence-corrected chi connectivity index (χ1v) is 9.45. The third-order valence-corrected chi connectivity index (χ3v) is 4.96. The number of anilines is 3. The van der Waals surface area contributed by atoms with Gasteiger partial charge in [0.2, 0.25) is 5.95 Å². The van der Waals surface area contributed by atoms with Gasteiger partial charge >= 0.3 is 0 Å². The molecule has 0 bridgehead atoms. The molecule has 5 N–H and O–H groups in total. The fourth-order valence-corrected chi connectivity index (χ4v) is 3.48. The number of hydrogen-bond donors (Lipinski definition) is 3. The van der Waals surface area contributed by atoms with E-state index in [9.17, 15) is 0 Å². The largest absolute Gasteiger partial charge is 0.496 e. The van der Waals surface area contributed by atoms with E-state index in [2.05, 4.69) is 25.4 Å². The zero-order chi connectivity index (χ0) is 20.2. The molecule has 2 heterocycles. The Morgan fingerprint density at radius 1 is 1.24 bits per heavy atom. The second-order valence-electron chi connectivity index (χ2n) is 5.99. The molecule has 0 aliphatic rings. The van der Waals surface area contributed by atoms with Crippen LogP contribution >= 0.6 is 11.3 Å². The van der Waals surface area contributed by atoms with Crippen molar-refractivity contribution in [3.63, 3.8) is 0 Å². The van der Waals surface area contributed by atoms with Crippen LogP contribution in [0.1, 0.15) is 0 Å². The minimum absolute atomic E-state index is 0.453. The number of fused-ring (bicyclic) bond motifs is 1. The fraction of sp³-hybridized carbons (Fsp3) is 0.0526. The minimum atomic E-state index is 0.453. The Bertz CT molecular complexity index is 1160. The van der Waals surface area contributed by atoms with Crippen LogP contribution in [0.4, 0.5) is 17.3 Å². The predicted molar refractivity (Wildman–Crippen MR) is 116 cm³/mol. The van der Waals surface area contributed by atoms with Crippen LogP contribution in [0.2, 0.25) is 0 Å². The number of nitrogens with zero attached hydrogens (tertiary/aromatic N) is 5. The van der Waals surface area contributed by atoms with E-state index >= 15 is 0 Å². The van der Waals surface area contributed by atoms with E-state index in [0.29, 0.717) is 17.4 Å². The number of benzene rings is 2. The van der Waals surface area contributed by atoms with Crippen LogP contribution < -0.4 is 26.7 Å². The lowest BCUT2D eigenvalue weighted by atomic mass is 10.1. The van der Waals surface area contributed by atoms with Gasteiger partial charge in [0.15, 0.2) is 0 Å². The van der Waals surface area contributed by atoms with Crippen molar-refractivity contribution in [2.24, 2.45) is 16.8 Å². The molecule has 0 atom stereocenters. The van der Waals surface area contributed by atoms with Crippen LogP contribution in [0, 0.1) is 0 Å². The van der Waals surface area contributed by atoms with Crippen LogP contribution in [0.5, 0.6) is 5.75 Å². The van der Waals surface area contributed by atoms with E-state index in [1.807, 2.05) is 41.8 Å². The highest BCUT2D eigenvalue weighted by atomic mass is 32.1. The Balaban J connectivity index is 1.66. The average molecular weight is 406 g/mol. The van der Waals surface area contributed by atoms with Crippen molar-refractivity contribution in [3.05, 3.63) is 54.2 Å². The quantitative estimate of drug-likeness (QED) is 0.193. The first kappa shape index (κ1) is 18.6. The van der Waals surface area contributed by atoms with Gasteiger partial charge in [-0.2, -0.15) is 5.10 Å². The molecule has 2 aromatic heterocycles. The first-order valence-electron chi connectivity index (χ1n) is 8.57. The van der Waals surface area contributed by atoms with Crippen molar-refractivity contribution in [1.29, 1.82) is 0 Å². The Morgan fingerprint density at radius 2 is 2.14 bits per heavy atom. The molecule has 146 valence electrons. The SMILES string of the molecule is COc1cc2nc(Nc3cccc(N(N)/C=N\N)c3)ncc2cc1-c1nccs1. The molecule has 10 heteroatoms. The van der Waals surface area contributed by atoms with Crippen molar-refractivity contribution >= 4 is 45.9 Å². The highest BCUT2D eigenvalue weighted by Crippen LogP contribution is 2.34. The summed E-state index contributed by atoms with van der Waals surface area (Å²) in [5.41, 5.74) is 3.15. The van der Waals surface area contributed by atoms with E-state index in [4.69, 9.17) is 16.4 Å². The number of nitrogens with two attached hydrogens (primary N) is 2. The van der Waals surface area contributed by atoms with Gasteiger partial charge in [-0.1, -0.05) is 6.07 Å². The van der Waals surface area contributed by atoms with E-state index in [1.54, 1.807) is 30.8 Å². The molecule has 0 fully saturated rings. The molecular formula is C19H18N8OS. The number of aromatic nitrogens is 3. The summed E-state index contributed by atoms with van der Waals surface area (Å²) in [7, 11) is 1.63. The molecule has 0 amide bonds. The highest BCUT2D eigenvalue weighted by molar-refractivity contribution is 7.13. The molecular weight excluding hydrogens is 388 g/mol. The summed E-state index contributed by atoms with van der Waals surface area (Å²) in [5.74, 6) is 12.2. The Kier molecular flexibility index (Phi) is 5.18. The lowest BCUT2D eigenvalue weighted by Crippen LogP contribution is -2.29. The molecule has 9 nitrogen and oxygen atoms in total. The van der Waals surface area contributed by atoms with E-state index in [0.717, 1.165) is 27.2 Å². The number of hydrazone groups is 1. The zero-order valence-electron chi connectivity index (χ0n) is 15.5. The van der Waals surface area contributed by atoms with Gasteiger partial charge in [-0.05, 0) is 24.3 Å². The third kappa shape index (κ3) is 3.93. The van der Waals surface area contributed by atoms with Gasteiger partial charge in [-0.3, -0.25) is 5.01 Å². The zero-order valence-corrected chi connectivity index (χ0v) is 16.3. The molecule has 0 saturated carbocycles. The van der Waals surface area contributed by atoms with Gasteiger partial charge in [0.1, 0.15) is 17.1 Å². The maximum absolute atomic E-state index is 5.86. The molecule has 0 unspecified atom stereocenters. The van der Waals surface area contributed by atoms with E-state index < -0.39 is 0 Å². The molecule has 0 aliphatic heterocycles. The van der Waals surface area contributed by atoms with Crippen LogP contribution in [0.25, 0.3) is 21.5 Å². The number of nitrogens with one attached hydrogen (secondary N) is 1. The Labute approximate surface area is 170 Å². The molecule has 4 aromatic rings. The van der Waals surface area contributed by atoms with Crippen molar-refractivity contribution in [2.45, 2.75) is 0 Å². The molecule has 29 heavy (non-hydrogen) atoms. The molecule has 4 rings (SSSR count). The second kappa shape index (κ2) is 8.09. The number of ether oxygens (including phenoxy) is 1. The number of hydrazine groups is 1. The maximum Gasteiger partial charge on any atom is 0.227 e. The molecule has 0 radical (unpaired) electrons. The first-order chi connectivity index (χ1) is 14.2. The predicted octanol–water partition coefficient (Wildman–Crippen LogP) is 3.09. The Hall–Kier alpha value is -3.76. The van der Waals surface area contributed by atoms with Crippen LogP contribution in [-0.2, 0) is 0 Å². The normalized spacial score (nSPS) is 11.1. The standard InChI is InChI=1S/C19H18N8OS/c1-28-17-9-16-12(7-15(17)18-22-5-6-29-18)10-23-19(26-16)25-13-3-2-4-14(8-13)27(21)11-24-20/h2-11H,20-21H2,1H3,(H,23,25,26)/b24-11-. The smallest absolute Gasteiger partial charge is 0.227 e. The molecule has 0 aliphatic carbocycles. The number of rotatable bonds is 6. The summed E-state index contributed by atoms with van der Waals surface area (Å²) in [5, 5.41) is 11.6. The third-order valence-electron chi connectivity index (χ3n) is 4.16. The van der Waals surface area contributed by atoms with Gasteiger partial charge in [-0.15, -0.1) is 11.3 Å². The van der Waals surface area contributed by atoms with Gasteiger partial charge in [0.25, 0.3) is 0 Å². The van der Waals surface area contributed by atoms with Gasteiger partial charge < -0.3 is 15.9 Å². The van der Waals surface area contributed by atoms with E-state index in [1.165, 1.54) is 11.3 Å². The Morgan fingerprint density at radius 3 is 2.90 bits per heavy atom. The van der Waals surface area contributed by atoms with Crippen molar-refractivity contribution in [3.8, 4) is 16.3 Å². The summed E-state index contributed by atoms with van der Waals surface area (Å²) in [6.07, 6.45) is 4.85. The fourth-order valence-electron chi connectivity index (χ4n) is 2.82. The average Bonchev–Trinajstić information content (AvgIpc) is 3.28. The van der Waals surface area contributed by atoms with Crippen molar-refractivity contribution < 1.29 is 4.74 Å². The number of hydrogen-bond acceptors (Lipinski definition) is 9. The molecule has 0 spiro atoms. The van der Waals surface area contributed by atoms with Crippen molar-refractivity contribution in [1.82, 2.24) is 15.0 Å². The summed E-state index contributed by atoms with van der Waals surface area (Å²) < 4.78 is 5.54. The van der Waals surface area contributed by atoms with E-state index in [-0.39, 0.29) is 0 Å². The second-order valence-corrected chi connectivity index (χ2v) is 6.88.